The molecule has 0 saturated heterocycles. The zero-order valence-electron chi connectivity index (χ0n) is 11.9. The van der Waals surface area contributed by atoms with Crippen LogP contribution in [0, 0.1) is 5.92 Å². The van der Waals surface area contributed by atoms with Gasteiger partial charge < -0.3 is 5.11 Å². The van der Waals surface area contributed by atoms with E-state index < -0.39 is 16.0 Å². The molecule has 6 heteroatoms. The van der Waals surface area contributed by atoms with Gasteiger partial charge in [0.25, 0.3) is 0 Å². The normalized spacial score (nSPS) is 16.2. The lowest BCUT2D eigenvalue weighted by Gasteiger charge is -2.10. The number of benzene rings is 1. The molecule has 116 valence electrons. The maximum atomic E-state index is 12.1. The van der Waals surface area contributed by atoms with E-state index in [2.05, 4.69) is 4.72 Å². The van der Waals surface area contributed by atoms with Crippen LogP contribution >= 0.6 is 0 Å². The van der Waals surface area contributed by atoms with Gasteiger partial charge in [-0.15, -0.1) is 0 Å². The Morgan fingerprint density at radius 1 is 1.19 bits per heavy atom. The highest BCUT2D eigenvalue weighted by Gasteiger charge is 2.17. The second-order valence-corrected chi connectivity index (χ2v) is 7.32. The molecule has 0 spiro atoms. The Balaban J connectivity index is 1.90. The van der Waals surface area contributed by atoms with Crippen LogP contribution in [0.4, 0.5) is 0 Å². The number of hydrogen-bond acceptors (Lipinski definition) is 3. The number of carboxylic acid groups (broad SMARTS) is 1. The summed E-state index contributed by atoms with van der Waals surface area (Å²) in [5.74, 6) is -0.286. The number of aliphatic carboxylic acids is 1. The number of hydrogen-bond donors (Lipinski definition) is 2. The smallest absolute Gasteiger partial charge is 0.307 e. The predicted octanol–water partition coefficient (Wildman–Crippen LogP) is 2.17. The first kappa shape index (κ1) is 16.0. The molecular weight excluding hydrogens is 290 g/mol. The van der Waals surface area contributed by atoms with E-state index in [0.717, 1.165) is 6.42 Å². The fourth-order valence-electron chi connectivity index (χ4n) is 2.74. The Morgan fingerprint density at radius 3 is 2.38 bits per heavy atom. The van der Waals surface area contributed by atoms with E-state index in [1.807, 2.05) is 0 Å². The van der Waals surface area contributed by atoms with Crippen LogP contribution in [0.5, 0.6) is 0 Å². The number of carboxylic acids is 1. The quantitative estimate of drug-likeness (QED) is 0.808. The van der Waals surface area contributed by atoms with Crippen LogP contribution < -0.4 is 4.72 Å². The van der Waals surface area contributed by atoms with Crippen LogP contribution in [0.2, 0.25) is 0 Å². The summed E-state index contributed by atoms with van der Waals surface area (Å²) in [4.78, 5) is 10.8. The molecule has 1 aromatic rings. The molecule has 0 bridgehead atoms. The summed E-state index contributed by atoms with van der Waals surface area (Å²) < 4.78 is 26.8. The van der Waals surface area contributed by atoms with Gasteiger partial charge in [-0.25, -0.2) is 13.1 Å². The molecule has 0 aliphatic heterocycles. The van der Waals surface area contributed by atoms with Crippen molar-refractivity contribution < 1.29 is 18.3 Å². The highest BCUT2D eigenvalue weighted by Crippen LogP contribution is 2.27. The highest BCUT2D eigenvalue weighted by atomic mass is 32.2. The van der Waals surface area contributed by atoms with E-state index in [1.165, 1.54) is 37.8 Å². The minimum atomic E-state index is -3.49. The number of sulfonamides is 1. The van der Waals surface area contributed by atoms with Crippen LogP contribution in [0.1, 0.15) is 37.7 Å². The van der Waals surface area contributed by atoms with Crippen molar-refractivity contribution in [3.63, 3.8) is 0 Å². The van der Waals surface area contributed by atoms with Gasteiger partial charge >= 0.3 is 5.97 Å². The van der Waals surface area contributed by atoms with E-state index in [4.69, 9.17) is 5.11 Å². The summed E-state index contributed by atoms with van der Waals surface area (Å²) in [7, 11) is -3.49. The first-order valence-corrected chi connectivity index (χ1v) is 8.76. The van der Waals surface area contributed by atoms with E-state index >= 15 is 0 Å². The van der Waals surface area contributed by atoms with Crippen LogP contribution in [0.3, 0.4) is 0 Å². The molecule has 0 aromatic heterocycles. The molecule has 5 nitrogen and oxygen atoms in total. The van der Waals surface area contributed by atoms with Gasteiger partial charge in [0.1, 0.15) is 0 Å². The van der Waals surface area contributed by atoms with Crippen molar-refractivity contribution in [2.75, 3.05) is 6.54 Å². The molecule has 0 unspecified atom stereocenters. The standard InChI is InChI=1S/C15H21NO4S/c17-15(18)11-13-5-7-14(8-6-13)21(19,20)16-10-9-12-3-1-2-4-12/h5-8,12,16H,1-4,9-11H2,(H,17,18). The van der Waals surface area contributed by atoms with E-state index in [-0.39, 0.29) is 11.3 Å². The molecule has 1 aromatic carbocycles. The van der Waals surface area contributed by atoms with Gasteiger partial charge in [0, 0.05) is 6.54 Å². The summed E-state index contributed by atoms with van der Waals surface area (Å²) in [6.07, 6.45) is 5.69. The van der Waals surface area contributed by atoms with Gasteiger partial charge in [0.15, 0.2) is 0 Å². The molecule has 2 N–H and O–H groups in total. The molecule has 21 heavy (non-hydrogen) atoms. The van der Waals surface area contributed by atoms with Gasteiger partial charge in [0.05, 0.1) is 11.3 Å². The van der Waals surface area contributed by atoms with E-state index in [1.54, 1.807) is 12.1 Å². The number of rotatable bonds is 7. The topological polar surface area (TPSA) is 83.5 Å². The van der Waals surface area contributed by atoms with Crippen molar-refractivity contribution in [1.29, 1.82) is 0 Å². The number of nitrogens with one attached hydrogen (secondary N) is 1. The van der Waals surface area contributed by atoms with Gasteiger partial charge in [-0.1, -0.05) is 37.8 Å². The van der Waals surface area contributed by atoms with Crippen LogP contribution in [0.25, 0.3) is 0 Å². The van der Waals surface area contributed by atoms with Crippen molar-refractivity contribution >= 4 is 16.0 Å². The summed E-state index contributed by atoms with van der Waals surface area (Å²) in [6, 6.07) is 5.99. The summed E-state index contributed by atoms with van der Waals surface area (Å²) in [5.41, 5.74) is 0.590. The third kappa shape index (κ3) is 4.82. The SMILES string of the molecule is O=C(O)Cc1ccc(S(=O)(=O)NCCC2CCCC2)cc1. The average molecular weight is 311 g/mol. The lowest BCUT2D eigenvalue weighted by molar-refractivity contribution is -0.136. The van der Waals surface area contributed by atoms with Gasteiger partial charge in [-0.3, -0.25) is 4.79 Å². The predicted molar refractivity (Wildman–Crippen MR) is 79.5 cm³/mol. The lowest BCUT2D eigenvalue weighted by atomic mass is 10.1. The fraction of sp³-hybridized carbons (Fsp3) is 0.533. The Kier molecular flexibility index (Phi) is 5.36. The maximum Gasteiger partial charge on any atom is 0.307 e. The van der Waals surface area contributed by atoms with Crippen LogP contribution in [-0.4, -0.2) is 26.0 Å². The van der Waals surface area contributed by atoms with Crippen LogP contribution in [-0.2, 0) is 21.2 Å². The van der Waals surface area contributed by atoms with Crippen molar-refractivity contribution in [2.24, 2.45) is 5.92 Å². The maximum absolute atomic E-state index is 12.1. The molecule has 0 heterocycles. The van der Waals surface area contributed by atoms with E-state index in [0.29, 0.717) is 18.0 Å². The molecule has 1 aliphatic carbocycles. The summed E-state index contributed by atoms with van der Waals surface area (Å²) in [5, 5.41) is 8.69. The largest absolute Gasteiger partial charge is 0.481 e. The zero-order valence-corrected chi connectivity index (χ0v) is 12.7. The molecule has 0 amide bonds. The monoisotopic (exact) mass is 311 g/mol. The molecular formula is C15H21NO4S. The van der Waals surface area contributed by atoms with Crippen molar-refractivity contribution in [1.82, 2.24) is 4.72 Å². The van der Waals surface area contributed by atoms with Crippen molar-refractivity contribution in [2.45, 2.75) is 43.4 Å². The van der Waals surface area contributed by atoms with Crippen LogP contribution in [0.15, 0.2) is 29.2 Å². The summed E-state index contributed by atoms with van der Waals surface area (Å²) in [6.45, 7) is 0.462. The van der Waals surface area contributed by atoms with Gasteiger partial charge in [0.2, 0.25) is 10.0 Å². The zero-order chi connectivity index (χ0) is 15.3. The summed E-state index contributed by atoms with van der Waals surface area (Å²) >= 11 is 0. The van der Waals surface area contributed by atoms with Gasteiger partial charge in [-0.2, -0.15) is 0 Å². The molecule has 1 saturated carbocycles. The minimum Gasteiger partial charge on any atom is -0.481 e. The van der Waals surface area contributed by atoms with E-state index in [9.17, 15) is 13.2 Å². The fourth-order valence-corrected chi connectivity index (χ4v) is 3.79. The molecule has 2 rings (SSSR count). The van der Waals surface area contributed by atoms with Gasteiger partial charge in [-0.05, 0) is 30.0 Å². The van der Waals surface area contributed by atoms with Crippen molar-refractivity contribution in [3.8, 4) is 0 Å². The van der Waals surface area contributed by atoms with Crippen molar-refractivity contribution in [3.05, 3.63) is 29.8 Å². The second-order valence-electron chi connectivity index (χ2n) is 5.55. The third-order valence-corrected chi connectivity index (χ3v) is 5.39. The molecule has 0 atom stereocenters. The Labute approximate surface area is 125 Å². The minimum absolute atomic E-state index is 0.102. The average Bonchev–Trinajstić information content (AvgIpc) is 2.91. The molecule has 1 fully saturated rings. The molecule has 1 aliphatic rings. The first-order chi connectivity index (χ1) is 9.97. The highest BCUT2D eigenvalue weighted by molar-refractivity contribution is 7.89. The Bertz CT molecular complexity index is 574. The number of carbonyl (C=O) groups is 1. The Morgan fingerprint density at radius 2 is 1.81 bits per heavy atom. The first-order valence-electron chi connectivity index (χ1n) is 7.28. The molecule has 0 radical (unpaired) electrons. The Hall–Kier alpha value is -1.40. The second kappa shape index (κ2) is 7.04. The third-order valence-electron chi connectivity index (χ3n) is 3.91. The lowest BCUT2D eigenvalue weighted by Crippen LogP contribution is -2.26.